The van der Waals surface area contributed by atoms with Crippen LogP contribution in [-0.2, 0) is 19.2 Å². The molecule has 222 valence electrons. The number of ether oxygens (including phenoxy) is 1. The number of halogens is 2. The van der Waals surface area contributed by atoms with Crippen LogP contribution < -0.4 is 14.9 Å². The van der Waals surface area contributed by atoms with Crippen LogP contribution in [0.25, 0.3) is 0 Å². The van der Waals surface area contributed by atoms with Gasteiger partial charge in [0.2, 0.25) is 11.8 Å². The number of rotatable bonds is 7. The van der Waals surface area contributed by atoms with Crippen molar-refractivity contribution in [2.45, 2.75) is 22.6 Å². The molecule has 1 aromatic heterocycles. The first-order chi connectivity index (χ1) is 20.6. The van der Waals surface area contributed by atoms with Gasteiger partial charge in [0.1, 0.15) is 12.3 Å². The zero-order valence-electron chi connectivity index (χ0n) is 22.1. The molecule has 2 aromatic carbocycles. The summed E-state index contributed by atoms with van der Waals surface area (Å²) in [4.78, 5) is 67.9. The summed E-state index contributed by atoms with van der Waals surface area (Å²) in [5, 5.41) is 13.7. The van der Waals surface area contributed by atoms with Crippen molar-refractivity contribution in [3.05, 3.63) is 72.6 Å². The molecule has 3 amide bonds. The number of nitrogens with one attached hydrogen (secondary N) is 2. The lowest BCUT2D eigenvalue weighted by atomic mass is 9.68. The Bertz CT molecular complexity index is 1740. The molecule has 2 aliphatic carbocycles. The van der Waals surface area contributed by atoms with Crippen molar-refractivity contribution in [2.24, 2.45) is 29.6 Å². The fourth-order valence-corrected chi connectivity index (χ4v) is 10.7. The fourth-order valence-electron chi connectivity index (χ4n) is 7.49. The van der Waals surface area contributed by atoms with E-state index in [2.05, 4.69) is 10.3 Å². The van der Waals surface area contributed by atoms with Gasteiger partial charge in [-0.15, -0.1) is 11.8 Å². The average Bonchev–Trinajstić information content (AvgIpc) is 3.69. The fraction of sp³-hybridized carbons (Fsp3) is 0.345. The number of hydrogen-bond acceptors (Lipinski definition) is 8. The largest absolute Gasteiger partial charge is 0.483 e. The number of aromatic nitrogens is 1. The molecule has 7 atom stereocenters. The van der Waals surface area contributed by atoms with Crippen LogP contribution in [0, 0.1) is 29.6 Å². The lowest BCUT2D eigenvalue weighted by Crippen LogP contribution is -2.42. The molecule has 2 aliphatic heterocycles. The van der Waals surface area contributed by atoms with E-state index in [4.69, 9.17) is 27.9 Å². The van der Waals surface area contributed by atoms with Gasteiger partial charge < -0.3 is 20.1 Å². The molecule has 3 aromatic rings. The molecule has 3 N–H and O–H groups in total. The highest BCUT2D eigenvalue weighted by molar-refractivity contribution is 8.00. The van der Waals surface area contributed by atoms with Gasteiger partial charge in [-0.25, -0.2) is 0 Å². The highest BCUT2D eigenvalue weighted by Gasteiger charge is 2.69. The Morgan fingerprint density at radius 2 is 1.72 bits per heavy atom. The van der Waals surface area contributed by atoms with Crippen LogP contribution in [0.2, 0.25) is 10.0 Å². The topological polar surface area (TPSA) is 146 Å². The summed E-state index contributed by atoms with van der Waals surface area (Å²) in [7, 11) is 0. The van der Waals surface area contributed by atoms with Crippen molar-refractivity contribution in [1.82, 2.24) is 9.88 Å². The molecule has 3 heterocycles. The number of H-pyrrole nitrogens is 1. The van der Waals surface area contributed by atoms with Crippen molar-refractivity contribution in [3.63, 3.8) is 0 Å². The first-order valence-corrected chi connectivity index (χ1v) is 16.0. The van der Waals surface area contributed by atoms with E-state index in [0.717, 1.165) is 21.1 Å². The van der Waals surface area contributed by atoms with Gasteiger partial charge in [0, 0.05) is 37.3 Å². The molecule has 4 aliphatic rings. The van der Waals surface area contributed by atoms with E-state index in [1.54, 1.807) is 42.5 Å². The van der Waals surface area contributed by atoms with Gasteiger partial charge in [-0.05, 0) is 66.6 Å². The Labute approximate surface area is 262 Å². The Morgan fingerprint density at radius 3 is 2.44 bits per heavy atom. The normalized spacial score (nSPS) is 28.4. The van der Waals surface area contributed by atoms with Gasteiger partial charge in [-0.1, -0.05) is 34.5 Å². The third-order valence-electron chi connectivity index (χ3n) is 8.90. The van der Waals surface area contributed by atoms with Gasteiger partial charge in [0.05, 0.1) is 16.9 Å². The number of aromatic amines is 1. The Balaban J connectivity index is 1.23. The quantitative estimate of drug-likeness (QED) is 0.318. The summed E-state index contributed by atoms with van der Waals surface area (Å²) >= 11 is 15.0. The van der Waals surface area contributed by atoms with Gasteiger partial charge in [0.15, 0.2) is 6.61 Å². The number of carboxylic acid groups (broad SMARTS) is 1. The molecule has 0 radical (unpaired) electrons. The zero-order valence-corrected chi connectivity index (χ0v) is 25.3. The van der Waals surface area contributed by atoms with Crippen LogP contribution in [0.1, 0.15) is 22.8 Å². The number of carbonyl (C=O) groups is 4. The predicted octanol–water partition coefficient (Wildman–Crippen LogP) is 4.32. The summed E-state index contributed by atoms with van der Waals surface area (Å²) in [6, 6.07) is 11.8. The molecular formula is C29H23Cl2N3O7S2. The SMILES string of the molecule is O=C(O)CN1C(=O)C2C3CC(C2C1=O)C1C3Sc2[nH]c(=O)sc2[C@@H]1c1cc(Cl)ccc1OCC(=O)Nc1ccc(Cl)cc1. The van der Waals surface area contributed by atoms with Crippen molar-refractivity contribution in [2.75, 3.05) is 18.5 Å². The number of thiazole rings is 1. The first kappa shape index (κ1) is 28.5. The minimum absolute atomic E-state index is 0.101. The van der Waals surface area contributed by atoms with Crippen LogP contribution in [-0.4, -0.2) is 57.1 Å². The van der Waals surface area contributed by atoms with Gasteiger partial charge in [-0.2, -0.15) is 0 Å². The van der Waals surface area contributed by atoms with Gasteiger partial charge in [-0.3, -0.25) is 28.9 Å². The molecule has 14 heteroatoms. The lowest BCUT2D eigenvalue weighted by Gasteiger charge is -2.43. The molecule has 1 saturated heterocycles. The number of nitrogens with zero attached hydrogens (tertiary/aromatic N) is 1. The second kappa shape index (κ2) is 10.7. The molecule has 6 unspecified atom stereocenters. The third-order valence-corrected chi connectivity index (χ3v) is 12.0. The van der Waals surface area contributed by atoms with Crippen LogP contribution >= 0.6 is 46.3 Å². The van der Waals surface area contributed by atoms with Gasteiger partial charge >= 0.3 is 10.8 Å². The van der Waals surface area contributed by atoms with Crippen molar-refractivity contribution in [1.29, 1.82) is 0 Å². The van der Waals surface area contributed by atoms with Crippen LogP contribution in [0.15, 0.2) is 52.3 Å². The first-order valence-electron chi connectivity index (χ1n) is 13.5. The van der Waals surface area contributed by atoms with E-state index < -0.39 is 42.1 Å². The van der Waals surface area contributed by atoms with E-state index in [1.807, 2.05) is 0 Å². The third kappa shape index (κ3) is 4.75. The van der Waals surface area contributed by atoms with Crippen LogP contribution in [0.3, 0.4) is 0 Å². The number of imide groups is 1. The summed E-state index contributed by atoms with van der Waals surface area (Å²) in [5.74, 6) is -4.19. The molecule has 43 heavy (non-hydrogen) atoms. The maximum atomic E-state index is 13.4. The van der Waals surface area contributed by atoms with E-state index in [-0.39, 0.29) is 40.4 Å². The molecular weight excluding hydrogens is 637 g/mol. The number of carboxylic acids is 1. The number of fused-ring (bicyclic) bond motifs is 9. The standard InChI is InChI=1S/C29H23Cl2N3O7S2/c30-11-1-4-13(5-2-11)32-18(35)10-41-17-6-3-12(31)7-14(17)20-21-15-8-16(24(21)42-26-25(20)43-29(40)33-26)23-22(15)27(38)34(28(23)39)9-19(36)37/h1-7,15-16,20-24H,8-10H2,(H,32,35)(H,33,40)(H,36,37)/t15?,16?,20-,21?,22?,23?,24?/m1/s1. The average molecular weight is 661 g/mol. The number of benzene rings is 2. The lowest BCUT2D eigenvalue weighted by molar-refractivity contribution is -0.149. The Kier molecular flexibility index (Phi) is 7.07. The van der Waals surface area contributed by atoms with Crippen molar-refractivity contribution in [3.8, 4) is 5.75 Å². The van der Waals surface area contributed by atoms with E-state index >= 15 is 0 Å². The summed E-state index contributed by atoms with van der Waals surface area (Å²) in [5.41, 5.74) is 1.24. The monoisotopic (exact) mass is 659 g/mol. The minimum Gasteiger partial charge on any atom is -0.483 e. The van der Waals surface area contributed by atoms with Crippen molar-refractivity contribution < 1.29 is 29.0 Å². The highest BCUT2D eigenvalue weighted by atomic mass is 35.5. The minimum atomic E-state index is -1.24. The summed E-state index contributed by atoms with van der Waals surface area (Å²) in [6.45, 7) is -0.946. The molecule has 7 rings (SSSR count). The second-order valence-corrected chi connectivity index (χ2v) is 14.2. The van der Waals surface area contributed by atoms with Crippen LogP contribution in [0.5, 0.6) is 5.75 Å². The maximum absolute atomic E-state index is 13.4. The number of amides is 3. The Morgan fingerprint density at radius 1 is 1.02 bits per heavy atom. The molecule has 3 fully saturated rings. The van der Waals surface area contributed by atoms with E-state index in [9.17, 15) is 29.1 Å². The van der Waals surface area contributed by atoms with E-state index in [1.165, 1.54) is 11.8 Å². The number of anilines is 1. The summed E-state index contributed by atoms with van der Waals surface area (Å²) < 4.78 is 6.06. The molecule has 10 nitrogen and oxygen atoms in total. The van der Waals surface area contributed by atoms with Crippen molar-refractivity contribution >= 4 is 75.7 Å². The van der Waals surface area contributed by atoms with Gasteiger partial charge in [0.25, 0.3) is 5.91 Å². The number of thioether (sulfide) groups is 1. The summed E-state index contributed by atoms with van der Waals surface area (Å²) in [6.07, 6.45) is 0.645. The second-order valence-electron chi connectivity index (χ2n) is 11.1. The number of likely N-dealkylation sites (tertiary alicyclic amines) is 1. The number of aliphatic carboxylic acids is 1. The molecule has 2 bridgehead atoms. The number of carbonyl (C=O) groups excluding carboxylic acids is 3. The molecule has 0 spiro atoms. The number of hydrogen-bond donors (Lipinski definition) is 3. The van der Waals surface area contributed by atoms with Crippen LogP contribution in [0.4, 0.5) is 5.69 Å². The maximum Gasteiger partial charge on any atom is 0.323 e. The molecule has 2 saturated carbocycles. The Hall–Kier alpha value is -3.32. The zero-order chi connectivity index (χ0) is 30.2. The smallest absolute Gasteiger partial charge is 0.323 e. The highest BCUT2D eigenvalue weighted by Crippen LogP contribution is 2.69. The predicted molar refractivity (Wildman–Crippen MR) is 160 cm³/mol. The van der Waals surface area contributed by atoms with E-state index in [0.29, 0.717) is 38.5 Å².